The maximum absolute atomic E-state index is 12.1. The van der Waals surface area contributed by atoms with E-state index >= 15 is 0 Å². The van der Waals surface area contributed by atoms with Crippen LogP contribution in [0.2, 0.25) is 0 Å². The molecule has 0 fully saturated rings. The second-order valence-electron chi connectivity index (χ2n) is 4.17. The molecule has 0 amide bonds. The number of rotatable bonds is 7. The number of aromatic nitrogens is 2. The number of thioether (sulfide) groups is 1. The minimum absolute atomic E-state index is 0.137. The zero-order valence-electron chi connectivity index (χ0n) is 11.6. The average molecular weight is 360 g/mol. The van der Waals surface area contributed by atoms with Gasteiger partial charge in [-0.2, -0.15) is 18.4 Å². The topological polar surface area (TPSA) is 70.8 Å². The first-order valence-electron chi connectivity index (χ1n) is 6.36. The van der Waals surface area contributed by atoms with Gasteiger partial charge in [-0.1, -0.05) is 23.1 Å². The molecule has 0 radical (unpaired) electrons. The molecule has 2 rings (SSSR count). The fourth-order valence-corrected chi connectivity index (χ4v) is 3.06. The van der Waals surface area contributed by atoms with E-state index in [2.05, 4.69) is 15.5 Å². The lowest BCUT2D eigenvalue weighted by molar-refractivity contribution is -0.115. The summed E-state index contributed by atoms with van der Waals surface area (Å²) >= 11 is 2.41. The minimum Gasteiger partial charge on any atom is -0.493 e. The van der Waals surface area contributed by atoms with Crippen molar-refractivity contribution >= 4 is 28.2 Å². The number of nitriles is 1. The minimum atomic E-state index is -4.28. The quantitative estimate of drug-likeness (QED) is 0.601. The van der Waals surface area contributed by atoms with Crippen molar-refractivity contribution in [1.29, 1.82) is 5.26 Å². The third-order valence-corrected chi connectivity index (χ3v) is 4.39. The maximum atomic E-state index is 12.1. The number of hydrogen-bond donors (Lipinski definition) is 1. The van der Waals surface area contributed by atoms with Crippen LogP contribution in [-0.2, 0) is 0 Å². The van der Waals surface area contributed by atoms with Crippen molar-refractivity contribution in [1.82, 2.24) is 10.2 Å². The first-order valence-corrected chi connectivity index (χ1v) is 8.16. The Balaban J connectivity index is 1.70. The highest BCUT2D eigenvalue weighted by atomic mass is 32.2. The zero-order valence-corrected chi connectivity index (χ0v) is 13.3. The van der Waals surface area contributed by atoms with Gasteiger partial charge >= 0.3 is 6.18 Å². The van der Waals surface area contributed by atoms with Gasteiger partial charge in [-0.15, -0.1) is 10.2 Å². The summed E-state index contributed by atoms with van der Waals surface area (Å²) in [4.78, 5) is 0. The number of alkyl halides is 3. The number of benzene rings is 1. The number of anilines is 1. The molecule has 1 aromatic carbocycles. The molecule has 1 aromatic heterocycles. The van der Waals surface area contributed by atoms with Gasteiger partial charge in [0.1, 0.15) is 12.3 Å². The summed E-state index contributed by atoms with van der Waals surface area (Å²) in [5.41, 5.74) is 0.555. The molecule has 10 heteroatoms. The highest BCUT2D eigenvalue weighted by molar-refractivity contribution is 8.01. The Labute approximate surface area is 138 Å². The normalized spacial score (nSPS) is 11.0. The molecule has 0 saturated carbocycles. The van der Waals surface area contributed by atoms with Crippen molar-refractivity contribution in [2.75, 3.05) is 24.2 Å². The molecule has 23 heavy (non-hydrogen) atoms. The summed E-state index contributed by atoms with van der Waals surface area (Å²) in [7, 11) is 0. The molecular formula is C13H11F3N4OS2. The molecule has 0 unspecified atom stereocenters. The molecule has 122 valence electrons. The van der Waals surface area contributed by atoms with E-state index in [-0.39, 0.29) is 5.13 Å². The largest absolute Gasteiger partial charge is 0.493 e. The van der Waals surface area contributed by atoms with Gasteiger partial charge in [0.25, 0.3) is 0 Å². The predicted molar refractivity (Wildman–Crippen MR) is 81.8 cm³/mol. The fraction of sp³-hybridized carbons (Fsp3) is 0.308. The van der Waals surface area contributed by atoms with Gasteiger partial charge in [-0.05, 0) is 24.3 Å². The van der Waals surface area contributed by atoms with Crippen molar-refractivity contribution in [3.8, 4) is 11.8 Å². The third-order valence-electron chi connectivity index (χ3n) is 2.41. The molecule has 0 spiro atoms. The number of halogens is 3. The smallest absolute Gasteiger partial charge is 0.405 e. The lowest BCUT2D eigenvalue weighted by Gasteiger charge is -2.05. The Kier molecular flexibility index (Phi) is 6.06. The number of nitrogens with one attached hydrogen (secondary N) is 1. The van der Waals surface area contributed by atoms with Crippen LogP contribution < -0.4 is 10.1 Å². The van der Waals surface area contributed by atoms with Gasteiger partial charge < -0.3 is 10.1 Å². The van der Waals surface area contributed by atoms with Crippen LogP contribution in [0.25, 0.3) is 0 Å². The van der Waals surface area contributed by atoms with Crippen LogP contribution in [0.15, 0.2) is 28.6 Å². The van der Waals surface area contributed by atoms with E-state index in [0.29, 0.717) is 28.0 Å². The van der Waals surface area contributed by atoms with E-state index in [9.17, 15) is 13.2 Å². The highest BCUT2D eigenvalue weighted by Gasteiger charge is 2.27. The Morgan fingerprint density at radius 2 is 2.00 bits per heavy atom. The lowest BCUT2D eigenvalue weighted by atomic mass is 10.2. The van der Waals surface area contributed by atoms with E-state index in [4.69, 9.17) is 10.00 Å². The highest BCUT2D eigenvalue weighted by Crippen LogP contribution is 2.26. The molecule has 0 aliphatic carbocycles. The van der Waals surface area contributed by atoms with Crippen molar-refractivity contribution in [3.63, 3.8) is 0 Å². The van der Waals surface area contributed by atoms with Crippen molar-refractivity contribution in [3.05, 3.63) is 29.8 Å². The summed E-state index contributed by atoms with van der Waals surface area (Å²) in [6, 6.07) is 8.74. The van der Waals surface area contributed by atoms with Gasteiger partial charge in [-0.3, -0.25) is 0 Å². The van der Waals surface area contributed by atoms with E-state index in [1.54, 1.807) is 24.3 Å². The van der Waals surface area contributed by atoms with Gasteiger partial charge in [0, 0.05) is 5.75 Å². The summed E-state index contributed by atoms with van der Waals surface area (Å²) < 4.78 is 42.2. The van der Waals surface area contributed by atoms with Crippen molar-refractivity contribution in [2.45, 2.75) is 10.5 Å². The summed E-state index contributed by atoms with van der Waals surface area (Å²) in [5, 5.41) is 18.4. The first kappa shape index (κ1) is 17.4. The SMILES string of the molecule is N#Cc1ccc(OCCSc2nnc(NCC(F)(F)F)s2)cc1. The first-order chi connectivity index (χ1) is 11.0. The molecule has 0 saturated heterocycles. The van der Waals surface area contributed by atoms with E-state index < -0.39 is 12.7 Å². The van der Waals surface area contributed by atoms with Gasteiger partial charge in [0.2, 0.25) is 5.13 Å². The van der Waals surface area contributed by atoms with Crippen LogP contribution in [0.4, 0.5) is 18.3 Å². The number of nitrogens with zero attached hydrogens (tertiary/aromatic N) is 3. The van der Waals surface area contributed by atoms with Crippen molar-refractivity contribution < 1.29 is 17.9 Å². The van der Waals surface area contributed by atoms with E-state index in [1.807, 2.05) is 6.07 Å². The Morgan fingerprint density at radius 1 is 1.26 bits per heavy atom. The van der Waals surface area contributed by atoms with Crippen LogP contribution in [0, 0.1) is 11.3 Å². The molecule has 1 heterocycles. The summed E-state index contributed by atoms with van der Waals surface area (Å²) in [6.45, 7) is -0.727. The van der Waals surface area contributed by atoms with Gasteiger partial charge in [-0.25, -0.2) is 0 Å². The summed E-state index contributed by atoms with van der Waals surface area (Å²) in [6.07, 6.45) is -4.28. The standard InChI is InChI=1S/C13H11F3N4OS2/c14-13(15,16)8-18-11-19-20-12(23-11)22-6-5-21-10-3-1-9(7-17)2-4-10/h1-4H,5-6,8H2,(H,18,19). The molecule has 2 aromatic rings. The molecule has 0 aliphatic rings. The van der Waals surface area contributed by atoms with Crippen LogP contribution in [-0.4, -0.2) is 35.3 Å². The number of hydrogen-bond acceptors (Lipinski definition) is 7. The fourth-order valence-electron chi connectivity index (χ4n) is 1.43. The van der Waals surface area contributed by atoms with E-state index in [0.717, 1.165) is 11.3 Å². The molecule has 1 N–H and O–H groups in total. The molecule has 0 aliphatic heterocycles. The van der Waals surface area contributed by atoms with E-state index in [1.165, 1.54) is 11.8 Å². The van der Waals surface area contributed by atoms with Crippen LogP contribution in [0.1, 0.15) is 5.56 Å². The van der Waals surface area contributed by atoms with Gasteiger partial charge in [0.05, 0.1) is 18.2 Å². The molecule has 0 bridgehead atoms. The molecule has 5 nitrogen and oxygen atoms in total. The van der Waals surface area contributed by atoms with Gasteiger partial charge in [0.15, 0.2) is 4.34 Å². The lowest BCUT2D eigenvalue weighted by Crippen LogP contribution is -2.21. The Hall–Kier alpha value is -1.99. The third kappa shape index (κ3) is 6.33. The van der Waals surface area contributed by atoms with Crippen LogP contribution >= 0.6 is 23.1 Å². The second-order valence-corrected chi connectivity index (χ2v) is 6.49. The average Bonchev–Trinajstić information content (AvgIpc) is 2.97. The Bertz CT molecular complexity index is 667. The molecular weight excluding hydrogens is 349 g/mol. The second kappa shape index (κ2) is 8.03. The van der Waals surface area contributed by atoms with Crippen molar-refractivity contribution in [2.24, 2.45) is 0 Å². The Morgan fingerprint density at radius 3 is 2.65 bits per heavy atom. The molecule has 0 atom stereocenters. The van der Waals surface area contributed by atoms with Crippen LogP contribution in [0.3, 0.4) is 0 Å². The van der Waals surface area contributed by atoms with Crippen LogP contribution in [0.5, 0.6) is 5.75 Å². The number of ether oxygens (including phenoxy) is 1. The maximum Gasteiger partial charge on any atom is 0.405 e. The summed E-state index contributed by atoms with van der Waals surface area (Å²) in [5.74, 6) is 1.22. The predicted octanol–water partition coefficient (Wildman–Crippen LogP) is 3.56. The zero-order chi connectivity index (χ0) is 16.7. The monoisotopic (exact) mass is 360 g/mol.